The molecule has 2 aliphatic heterocycles. The average Bonchev–Trinajstić information content (AvgIpc) is 3.35. The Balaban J connectivity index is 1.51. The van der Waals surface area contributed by atoms with Gasteiger partial charge in [0.25, 0.3) is 5.91 Å². The molecule has 4 rings (SSSR count). The SMILES string of the molecule is O=C(c1ccccc1)N1C[C@H]2CN(C(=O)C3CCCC3)C[C@@]2(C(=O)O)C1. The van der Waals surface area contributed by atoms with Gasteiger partial charge in [0.05, 0.1) is 0 Å². The average molecular weight is 356 g/mol. The monoisotopic (exact) mass is 356 g/mol. The van der Waals surface area contributed by atoms with Crippen LogP contribution in [0.15, 0.2) is 30.3 Å². The van der Waals surface area contributed by atoms with E-state index in [1.807, 2.05) is 6.07 Å². The Bertz CT molecular complexity index is 729. The van der Waals surface area contributed by atoms with Crippen LogP contribution in [-0.2, 0) is 9.59 Å². The molecule has 0 aromatic heterocycles. The highest BCUT2D eigenvalue weighted by Gasteiger charge is 2.59. The lowest BCUT2D eigenvalue weighted by Gasteiger charge is -2.27. The van der Waals surface area contributed by atoms with Gasteiger partial charge in [-0.2, -0.15) is 0 Å². The van der Waals surface area contributed by atoms with Crippen molar-refractivity contribution in [2.24, 2.45) is 17.3 Å². The Labute approximate surface area is 152 Å². The normalized spacial score (nSPS) is 28.4. The smallest absolute Gasteiger partial charge is 0.313 e. The number of nitrogens with zero attached hydrogens (tertiary/aromatic N) is 2. The predicted molar refractivity (Wildman–Crippen MR) is 94.4 cm³/mol. The third kappa shape index (κ3) is 2.68. The maximum absolute atomic E-state index is 12.7. The Morgan fingerprint density at radius 3 is 2.19 bits per heavy atom. The van der Waals surface area contributed by atoms with E-state index in [0.29, 0.717) is 18.7 Å². The van der Waals surface area contributed by atoms with E-state index < -0.39 is 11.4 Å². The first-order valence-corrected chi connectivity index (χ1v) is 9.38. The highest BCUT2D eigenvalue weighted by molar-refractivity contribution is 5.95. The van der Waals surface area contributed by atoms with Crippen molar-refractivity contribution in [3.8, 4) is 0 Å². The molecule has 1 saturated carbocycles. The minimum atomic E-state index is -1.03. The molecule has 1 aromatic carbocycles. The van der Waals surface area contributed by atoms with Crippen LogP contribution in [0.5, 0.6) is 0 Å². The summed E-state index contributed by atoms with van der Waals surface area (Å²) in [7, 11) is 0. The molecule has 6 nitrogen and oxygen atoms in total. The van der Waals surface area contributed by atoms with E-state index in [1.54, 1.807) is 34.1 Å². The van der Waals surface area contributed by atoms with Gasteiger partial charge in [0.1, 0.15) is 5.41 Å². The van der Waals surface area contributed by atoms with Crippen molar-refractivity contribution < 1.29 is 19.5 Å². The first-order valence-electron chi connectivity index (χ1n) is 9.38. The Kier molecular flexibility index (Phi) is 4.21. The quantitative estimate of drug-likeness (QED) is 0.897. The molecule has 6 heteroatoms. The van der Waals surface area contributed by atoms with Crippen molar-refractivity contribution in [2.75, 3.05) is 26.2 Å². The lowest BCUT2D eigenvalue weighted by atomic mass is 9.81. The molecule has 3 fully saturated rings. The number of likely N-dealkylation sites (tertiary alicyclic amines) is 2. The van der Waals surface area contributed by atoms with E-state index in [-0.39, 0.29) is 36.7 Å². The lowest BCUT2D eigenvalue weighted by molar-refractivity contribution is -0.149. The van der Waals surface area contributed by atoms with Crippen LogP contribution in [0.4, 0.5) is 0 Å². The number of benzene rings is 1. The van der Waals surface area contributed by atoms with E-state index in [9.17, 15) is 19.5 Å². The fraction of sp³-hybridized carbons (Fsp3) is 0.550. The first kappa shape index (κ1) is 17.1. The number of aliphatic carboxylic acids is 1. The van der Waals surface area contributed by atoms with E-state index in [4.69, 9.17) is 0 Å². The summed E-state index contributed by atoms with van der Waals surface area (Å²) in [4.78, 5) is 41.0. The van der Waals surface area contributed by atoms with Gasteiger partial charge in [0, 0.05) is 43.6 Å². The number of fused-ring (bicyclic) bond motifs is 1. The van der Waals surface area contributed by atoms with Crippen LogP contribution in [-0.4, -0.2) is 58.9 Å². The van der Waals surface area contributed by atoms with Crippen LogP contribution in [0.25, 0.3) is 0 Å². The van der Waals surface area contributed by atoms with Crippen LogP contribution in [0.3, 0.4) is 0 Å². The number of carboxylic acid groups (broad SMARTS) is 1. The molecule has 0 spiro atoms. The Morgan fingerprint density at radius 2 is 1.58 bits per heavy atom. The molecule has 3 aliphatic rings. The summed E-state index contributed by atoms with van der Waals surface area (Å²) in [6.45, 7) is 1.24. The van der Waals surface area contributed by atoms with Gasteiger partial charge >= 0.3 is 5.97 Å². The van der Waals surface area contributed by atoms with E-state index in [0.717, 1.165) is 25.7 Å². The van der Waals surface area contributed by atoms with Crippen LogP contribution in [0.1, 0.15) is 36.0 Å². The summed E-state index contributed by atoms with van der Waals surface area (Å²) in [5.41, 5.74) is -0.453. The minimum absolute atomic E-state index is 0.0572. The standard InChI is InChI=1S/C20H24N2O4/c23-17(14-6-2-1-3-7-14)21-10-16-11-22(13-20(16,12-21)19(25)26)18(24)15-8-4-5-9-15/h1-3,6-7,15-16H,4-5,8-13H2,(H,25,26)/t16-,20-/m0/s1. The minimum Gasteiger partial charge on any atom is -0.481 e. The fourth-order valence-electron chi connectivity index (χ4n) is 4.88. The molecule has 0 radical (unpaired) electrons. The van der Waals surface area contributed by atoms with Crippen molar-refractivity contribution in [3.05, 3.63) is 35.9 Å². The fourth-order valence-corrected chi connectivity index (χ4v) is 4.88. The number of amides is 2. The van der Waals surface area contributed by atoms with E-state index in [1.165, 1.54) is 0 Å². The van der Waals surface area contributed by atoms with Gasteiger partial charge in [-0.1, -0.05) is 31.0 Å². The summed E-state index contributed by atoms with van der Waals surface area (Å²) >= 11 is 0. The lowest BCUT2D eigenvalue weighted by Crippen LogP contribution is -2.44. The molecule has 2 heterocycles. The largest absolute Gasteiger partial charge is 0.481 e. The maximum Gasteiger partial charge on any atom is 0.313 e. The number of rotatable bonds is 3. The van der Waals surface area contributed by atoms with Gasteiger partial charge in [-0.15, -0.1) is 0 Å². The summed E-state index contributed by atoms with van der Waals surface area (Å²) in [5, 5.41) is 9.93. The molecule has 2 atom stereocenters. The highest BCUT2D eigenvalue weighted by Crippen LogP contribution is 2.44. The van der Waals surface area contributed by atoms with Crippen molar-refractivity contribution in [3.63, 3.8) is 0 Å². The topological polar surface area (TPSA) is 77.9 Å². The Hall–Kier alpha value is -2.37. The molecule has 2 amide bonds. The maximum atomic E-state index is 12.7. The summed E-state index contributed by atoms with van der Waals surface area (Å²) < 4.78 is 0. The Morgan fingerprint density at radius 1 is 0.962 bits per heavy atom. The van der Waals surface area contributed by atoms with Gasteiger partial charge in [-0.05, 0) is 25.0 Å². The van der Waals surface area contributed by atoms with Gasteiger partial charge in [-0.25, -0.2) is 0 Å². The summed E-state index contributed by atoms with van der Waals surface area (Å²) in [6, 6.07) is 8.96. The van der Waals surface area contributed by atoms with Crippen molar-refractivity contribution in [2.45, 2.75) is 25.7 Å². The molecule has 26 heavy (non-hydrogen) atoms. The number of carboxylic acids is 1. The molecule has 1 aromatic rings. The second kappa shape index (κ2) is 6.41. The molecule has 138 valence electrons. The van der Waals surface area contributed by atoms with Crippen LogP contribution < -0.4 is 0 Å². The highest BCUT2D eigenvalue weighted by atomic mass is 16.4. The van der Waals surface area contributed by atoms with Crippen molar-refractivity contribution in [1.29, 1.82) is 0 Å². The van der Waals surface area contributed by atoms with Gasteiger partial charge in [0.15, 0.2) is 0 Å². The summed E-state index contributed by atoms with van der Waals surface area (Å²) in [5.74, 6) is -1.06. The van der Waals surface area contributed by atoms with Gasteiger partial charge in [-0.3, -0.25) is 14.4 Å². The summed E-state index contributed by atoms with van der Waals surface area (Å²) in [6.07, 6.45) is 3.99. The van der Waals surface area contributed by atoms with Crippen molar-refractivity contribution in [1.82, 2.24) is 9.80 Å². The molecular weight excluding hydrogens is 332 g/mol. The predicted octanol–water partition coefficient (Wildman–Crippen LogP) is 1.86. The third-order valence-corrected chi connectivity index (χ3v) is 6.36. The van der Waals surface area contributed by atoms with Crippen LogP contribution in [0, 0.1) is 17.3 Å². The molecule has 1 N–H and O–H groups in total. The van der Waals surface area contributed by atoms with Crippen molar-refractivity contribution >= 4 is 17.8 Å². The number of carbonyl (C=O) groups excluding carboxylic acids is 2. The van der Waals surface area contributed by atoms with Gasteiger partial charge < -0.3 is 14.9 Å². The van der Waals surface area contributed by atoms with E-state index >= 15 is 0 Å². The van der Waals surface area contributed by atoms with Gasteiger partial charge in [0.2, 0.25) is 5.91 Å². The van der Waals surface area contributed by atoms with E-state index in [2.05, 4.69) is 0 Å². The molecule has 0 unspecified atom stereocenters. The third-order valence-electron chi connectivity index (χ3n) is 6.36. The zero-order valence-electron chi connectivity index (χ0n) is 14.8. The zero-order valence-corrected chi connectivity index (χ0v) is 14.8. The molecule has 2 saturated heterocycles. The molecule has 0 bridgehead atoms. The number of hydrogen-bond donors (Lipinski definition) is 1. The van der Waals surface area contributed by atoms with Crippen LogP contribution in [0.2, 0.25) is 0 Å². The molecule has 1 aliphatic carbocycles. The number of hydrogen-bond acceptors (Lipinski definition) is 3. The first-order chi connectivity index (χ1) is 12.5. The zero-order chi connectivity index (χ0) is 18.3. The molecular formula is C20H24N2O4. The second-order valence-corrected chi connectivity index (χ2v) is 7.91. The van der Waals surface area contributed by atoms with Crippen LogP contribution >= 0.6 is 0 Å². The second-order valence-electron chi connectivity index (χ2n) is 7.91. The number of carbonyl (C=O) groups is 3.